The van der Waals surface area contributed by atoms with Gasteiger partial charge in [0.05, 0.1) is 32.7 Å². The van der Waals surface area contributed by atoms with Crippen molar-refractivity contribution in [1.82, 2.24) is 20.9 Å². The fourth-order valence-electron chi connectivity index (χ4n) is 4.46. The molecule has 4 amide bonds. The normalized spacial score (nSPS) is 18.4. The molecule has 3 rings (SSSR count). The number of carbonyl (C=O) groups is 4. The number of carbonyl (C=O) groups excluding carboxylic acids is 4. The highest BCUT2D eigenvalue weighted by molar-refractivity contribution is 6.01. The summed E-state index contributed by atoms with van der Waals surface area (Å²) in [6.07, 6.45) is 0.937. The van der Waals surface area contributed by atoms with E-state index < -0.39 is 29.8 Å². The van der Waals surface area contributed by atoms with E-state index in [-0.39, 0.29) is 37.0 Å². The highest BCUT2D eigenvalue weighted by Crippen LogP contribution is 2.28. The van der Waals surface area contributed by atoms with Crippen LogP contribution in [-0.2, 0) is 20.8 Å². The first-order valence-electron chi connectivity index (χ1n) is 13.7. The maximum atomic E-state index is 13.2. The van der Waals surface area contributed by atoms with Crippen LogP contribution < -0.4 is 30.2 Å². The largest absolute Gasteiger partial charge is 0.493 e. The van der Waals surface area contributed by atoms with Crippen molar-refractivity contribution < 1.29 is 33.4 Å². The van der Waals surface area contributed by atoms with Gasteiger partial charge in [-0.15, -0.1) is 0 Å². The second-order valence-electron chi connectivity index (χ2n) is 10.2. The average Bonchev–Trinajstić information content (AvgIpc) is 2.96. The summed E-state index contributed by atoms with van der Waals surface area (Å²) in [5.74, 6) is -0.441. The lowest BCUT2D eigenvalue weighted by Crippen LogP contribution is -2.54. The predicted octanol–water partition coefficient (Wildman–Crippen LogP) is 1.93. The van der Waals surface area contributed by atoms with E-state index in [9.17, 15) is 19.2 Å². The van der Waals surface area contributed by atoms with Gasteiger partial charge in [0.2, 0.25) is 17.7 Å². The van der Waals surface area contributed by atoms with E-state index in [0.29, 0.717) is 36.6 Å². The second-order valence-corrected chi connectivity index (χ2v) is 10.2. The fourth-order valence-corrected chi connectivity index (χ4v) is 4.46. The Hall–Kier alpha value is -4.28. The molecule has 0 spiro atoms. The Bertz CT molecular complexity index is 1230. The SMILES string of the molecule is COc1ccc(CCCNC(=O)[C@@H]2CC(=O)N[C@@H](C(C)C)C(=O)N(C)CCOc3ccccc3C(=O)N2)cc1OC. The van der Waals surface area contributed by atoms with E-state index in [1.54, 1.807) is 45.5 Å². The molecule has 2 atom stereocenters. The van der Waals surface area contributed by atoms with Crippen molar-refractivity contribution in [3.05, 3.63) is 53.6 Å². The second kappa shape index (κ2) is 14.9. The molecule has 0 radical (unpaired) electrons. The van der Waals surface area contributed by atoms with Gasteiger partial charge in [0.15, 0.2) is 11.5 Å². The molecule has 0 saturated carbocycles. The molecule has 0 aliphatic carbocycles. The van der Waals surface area contributed by atoms with E-state index in [2.05, 4.69) is 16.0 Å². The zero-order valence-electron chi connectivity index (χ0n) is 24.3. The number of hydrogen-bond donors (Lipinski definition) is 3. The van der Waals surface area contributed by atoms with Crippen molar-refractivity contribution in [2.24, 2.45) is 5.92 Å². The zero-order valence-corrected chi connectivity index (χ0v) is 24.3. The number of likely N-dealkylation sites (N-methyl/N-ethyl adjacent to an activating group) is 1. The number of fused-ring (bicyclic) bond motifs is 1. The topological polar surface area (TPSA) is 135 Å². The van der Waals surface area contributed by atoms with Gasteiger partial charge >= 0.3 is 0 Å². The molecule has 0 saturated heterocycles. The number of amides is 4. The minimum atomic E-state index is -1.17. The molecule has 2 aromatic rings. The van der Waals surface area contributed by atoms with Crippen LogP contribution in [0.1, 0.15) is 42.6 Å². The van der Waals surface area contributed by atoms with Crippen LogP contribution in [-0.4, -0.2) is 81.6 Å². The number of hydrogen-bond acceptors (Lipinski definition) is 7. The van der Waals surface area contributed by atoms with Crippen molar-refractivity contribution in [1.29, 1.82) is 0 Å². The molecule has 0 bridgehead atoms. The van der Waals surface area contributed by atoms with Crippen LogP contribution in [0.25, 0.3) is 0 Å². The predicted molar refractivity (Wildman–Crippen MR) is 153 cm³/mol. The first kappa shape index (κ1) is 31.3. The molecule has 41 heavy (non-hydrogen) atoms. The van der Waals surface area contributed by atoms with Crippen LogP contribution in [0.3, 0.4) is 0 Å². The van der Waals surface area contributed by atoms with Gasteiger partial charge in [0.25, 0.3) is 5.91 Å². The summed E-state index contributed by atoms with van der Waals surface area (Å²) in [7, 11) is 4.78. The highest BCUT2D eigenvalue weighted by atomic mass is 16.5. The van der Waals surface area contributed by atoms with Gasteiger partial charge in [-0.3, -0.25) is 19.2 Å². The average molecular weight is 569 g/mol. The molecular formula is C30H40N4O7. The van der Waals surface area contributed by atoms with Crippen molar-refractivity contribution >= 4 is 23.6 Å². The van der Waals surface area contributed by atoms with Crippen LogP contribution >= 0.6 is 0 Å². The Kier molecular flexibility index (Phi) is 11.4. The van der Waals surface area contributed by atoms with E-state index >= 15 is 0 Å². The van der Waals surface area contributed by atoms with Crippen LogP contribution in [0.4, 0.5) is 0 Å². The Morgan fingerprint density at radius 2 is 1.80 bits per heavy atom. The molecule has 1 heterocycles. The molecule has 0 fully saturated rings. The van der Waals surface area contributed by atoms with Gasteiger partial charge in [-0.25, -0.2) is 0 Å². The minimum absolute atomic E-state index is 0.148. The number of para-hydroxylation sites is 1. The molecule has 1 aliphatic rings. The quantitative estimate of drug-likeness (QED) is 0.414. The van der Waals surface area contributed by atoms with Gasteiger partial charge in [-0.2, -0.15) is 0 Å². The van der Waals surface area contributed by atoms with E-state index in [4.69, 9.17) is 14.2 Å². The lowest BCUT2D eigenvalue weighted by molar-refractivity contribution is -0.137. The minimum Gasteiger partial charge on any atom is -0.493 e. The molecule has 11 heteroatoms. The number of rotatable bonds is 8. The molecular weight excluding hydrogens is 528 g/mol. The van der Waals surface area contributed by atoms with Crippen LogP contribution in [0.5, 0.6) is 17.2 Å². The highest BCUT2D eigenvalue weighted by Gasteiger charge is 2.31. The Balaban J connectivity index is 1.74. The van der Waals surface area contributed by atoms with Crippen LogP contribution in [0.2, 0.25) is 0 Å². The standard InChI is InChI=1S/C30H40N4O7/c1-19(2)27-30(38)34(3)15-16-41-23-11-7-6-10-21(23)28(36)32-22(18-26(35)33-27)29(37)31-14-8-9-20-12-13-24(39-4)25(17-20)40-5/h6-7,10-13,17,19,22,27H,8-9,14-16,18H2,1-5H3,(H,31,37)(H,32,36)(H,33,35)/t22-,27-/m0/s1. The molecule has 0 aromatic heterocycles. The van der Waals surface area contributed by atoms with Crippen molar-refractivity contribution in [3.8, 4) is 17.2 Å². The van der Waals surface area contributed by atoms with Gasteiger partial charge in [-0.05, 0) is 48.6 Å². The molecule has 3 N–H and O–H groups in total. The summed E-state index contributed by atoms with van der Waals surface area (Å²) in [4.78, 5) is 54.1. The smallest absolute Gasteiger partial charge is 0.255 e. The molecule has 2 aromatic carbocycles. The number of methoxy groups -OCH3 is 2. The van der Waals surface area contributed by atoms with Crippen LogP contribution in [0.15, 0.2) is 42.5 Å². The van der Waals surface area contributed by atoms with Crippen molar-refractivity contribution in [2.45, 2.75) is 45.2 Å². The summed E-state index contributed by atoms with van der Waals surface area (Å²) in [6, 6.07) is 10.3. The zero-order chi connectivity index (χ0) is 29.9. The molecule has 222 valence electrons. The number of nitrogens with zero attached hydrogens (tertiary/aromatic N) is 1. The van der Waals surface area contributed by atoms with Gasteiger partial charge in [-0.1, -0.05) is 32.0 Å². The monoisotopic (exact) mass is 568 g/mol. The number of benzene rings is 2. The van der Waals surface area contributed by atoms with Gasteiger partial charge in [0.1, 0.15) is 24.4 Å². The fraction of sp³-hybridized carbons (Fsp3) is 0.467. The Morgan fingerprint density at radius 3 is 2.51 bits per heavy atom. The van der Waals surface area contributed by atoms with E-state index in [0.717, 1.165) is 5.56 Å². The van der Waals surface area contributed by atoms with Gasteiger partial charge < -0.3 is 35.1 Å². The number of ether oxygens (including phenoxy) is 3. The van der Waals surface area contributed by atoms with Crippen molar-refractivity contribution in [3.63, 3.8) is 0 Å². The third-order valence-electron chi connectivity index (χ3n) is 6.84. The van der Waals surface area contributed by atoms with E-state index in [1.807, 2.05) is 32.0 Å². The first-order chi connectivity index (χ1) is 19.6. The molecule has 0 unspecified atom stereocenters. The summed E-state index contributed by atoms with van der Waals surface area (Å²) in [6.45, 7) is 4.39. The van der Waals surface area contributed by atoms with Crippen LogP contribution in [0, 0.1) is 5.92 Å². The Labute approximate surface area is 240 Å². The maximum absolute atomic E-state index is 13.2. The number of nitrogens with one attached hydrogen (secondary N) is 3. The summed E-state index contributed by atoms with van der Waals surface area (Å²) in [5.41, 5.74) is 1.23. The third-order valence-corrected chi connectivity index (χ3v) is 6.84. The maximum Gasteiger partial charge on any atom is 0.255 e. The first-order valence-corrected chi connectivity index (χ1v) is 13.7. The summed E-state index contributed by atoms with van der Waals surface area (Å²) < 4.78 is 16.4. The lowest BCUT2D eigenvalue weighted by atomic mass is 10.0. The molecule has 11 nitrogen and oxygen atoms in total. The summed E-state index contributed by atoms with van der Waals surface area (Å²) in [5, 5.41) is 8.27. The van der Waals surface area contributed by atoms with Gasteiger partial charge in [0, 0.05) is 13.6 Å². The summed E-state index contributed by atoms with van der Waals surface area (Å²) >= 11 is 0. The molecule has 1 aliphatic heterocycles. The lowest BCUT2D eigenvalue weighted by Gasteiger charge is -2.28. The third kappa shape index (κ3) is 8.60. The van der Waals surface area contributed by atoms with Crippen molar-refractivity contribution in [2.75, 3.05) is 41.0 Å². The number of aryl methyl sites for hydroxylation is 1. The Morgan fingerprint density at radius 1 is 1.07 bits per heavy atom. The van der Waals surface area contributed by atoms with E-state index in [1.165, 1.54) is 4.90 Å².